The minimum atomic E-state index is -0.236. The molecule has 1 aliphatic heterocycles. The molecule has 0 aliphatic carbocycles. The van der Waals surface area contributed by atoms with Crippen LogP contribution in [0.1, 0.15) is 17.7 Å². The summed E-state index contributed by atoms with van der Waals surface area (Å²) in [6, 6.07) is 19.0. The zero-order valence-electron chi connectivity index (χ0n) is 15.8. The maximum Gasteiger partial charge on any atom is 0.125 e. The van der Waals surface area contributed by atoms with Gasteiger partial charge in [-0.1, -0.05) is 30.3 Å². The highest BCUT2D eigenvalue weighted by molar-refractivity contribution is 5.91. The summed E-state index contributed by atoms with van der Waals surface area (Å²) in [5.74, 6) is -0.236. The van der Waals surface area contributed by atoms with Crippen LogP contribution in [-0.4, -0.2) is 23.1 Å². The lowest BCUT2D eigenvalue weighted by atomic mass is 9.96. The van der Waals surface area contributed by atoms with Gasteiger partial charge in [-0.15, -0.1) is 0 Å². The second kappa shape index (κ2) is 8.28. The second-order valence-corrected chi connectivity index (χ2v) is 6.85. The number of aryl methyl sites for hydroxylation is 1. The first-order chi connectivity index (χ1) is 13.7. The molecule has 3 heterocycles. The Morgan fingerprint density at radius 3 is 2.71 bits per heavy atom. The third-order valence-corrected chi connectivity index (χ3v) is 4.85. The molecule has 0 atom stereocenters. The molecule has 0 fully saturated rings. The van der Waals surface area contributed by atoms with Gasteiger partial charge in [0, 0.05) is 35.3 Å². The minimum Gasteiger partial charge on any atom is -0.313 e. The van der Waals surface area contributed by atoms with Crippen molar-refractivity contribution in [3.8, 4) is 0 Å². The van der Waals surface area contributed by atoms with Crippen molar-refractivity contribution in [3.05, 3.63) is 90.0 Å². The van der Waals surface area contributed by atoms with Crippen LogP contribution >= 0.6 is 0 Å². The summed E-state index contributed by atoms with van der Waals surface area (Å²) in [6.45, 7) is 3.94. The number of benzene rings is 2. The van der Waals surface area contributed by atoms with Crippen LogP contribution in [0.5, 0.6) is 0 Å². The number of fused-ring (bicyclic) bond motifs is 2. The Kier molecular flexibility index (Phi) is 5.40. The fourth-order valence-electron chi connectivity index (χ4n) is 3.44. The number of rotatable bonds is 1. The summed E-state index contributed by atoms with van der Waals surface area (Å²) in [6.07, 6.45) is 5.24. The van der Waals surface area contributed by atoms with Crippen molar-refractivity contribution < 1.29 is 4.39 Å². The number of aromatic nitrogens is 2. The van der Waals surface area contributed by atoms with E-state index in [1.807, 2.05) is 31.3 Å². The highest BCUT2D eigenvalue weighted by Crippen LogP contribution is 2.26. The molecule has 140 valence electrons. The standard InChI is InChI=1S/C14H14N2.C10H8FN/c1-3-12(11-6-9-15-10-7-11)13-4-2-8-16-14(13)5-1;1-7-2-3-8-4-5-9(11)6-10(8)12-7/h1-6,8,15H,7,9-10H2;2-6H,1H3. The molecule has 1 aliphatic rings. The number of pyridine rings is 2. The molecule has 2 aromatic heterocycles. The Morgan fingerprint density at radius 1 is 0.964 bits per heavy atom. The van der Waals surface area contributed by atoms with E-state index in [1.54, 1.807) is 6.07 Å². The van der Waals surface area contributed by atoms with E-state index < -0.39 is 0 Å². The molecule has 0 spiro atoms. The van der Waals surface area contributed by atoms with Gasteiger partial charge in [-0.2, -0.15) is 0 Å². The molecule has 0 saturated heterocycles. The van der Waals surface area contributed by atoms with Gasteiger partial charge in [0.05, 0.1) is 11.0 Å². The first-order valence-electron chi connectivity index (χ1n) is 9.47. The normalized spacial score (nSPS) is 13.7. The van der Waals surface area contributed by atoms with Crippen molar-refractivity contribution in [2.45, 2.75) is 13.3 Å². The van der Waals surface area contributed by atoms with Gasteiger partial charge in [-0.25, -0.2) is 4.39 Å². The van der Waals surface area contributed by atoms with E-state index in [0.717, 1.165) is 41.6 Å². The average Bonchev–Trinajstić information content (AvgIpc) is 2.74. The summed E-state index contributed by atoms with van der Waals surface area (Å²) in [5, 5.41) is 5.58. The minimum absolute atomic E-state index is 0.236. The van der Waals surface area contributed by atoms with Crippen molar-refractivity contribution in [2.75, 3.05) is 13.1 Å². The molecule has 0 bridgehead atoms. The molecular weight excluding hydrogens is 349 g/mol. The van der Waals surface area contributed by atoms with Crippen LogP contribution in [0.3, 0.4) is 0 Å². The van der Waals surface area contributed by atoms with E-state index in [-0.39, 0.29) is 5.82 Å². The van der Waals surface area contributed by atoms with Gasteiger partial charge in [0.15, 0.2) is 0 Å². The molecule has 2 aromatic carbocycles. The molecular formula is C24H22FN3. The van der Waals surface area contributed by atoms with E-state index >= 15 is 0 Å². The topological polar surface area (TPSA) is 37.8 Å². The highest BCUT2D eigenvalue weighted by atomic mass is 19.1. The smallest absolute Gasteiger partial charge is 0.125 e. The summed E-state index contributed by atoms with van der Waals surface area (Å²) in [5.41, 5.74) is 5.49. The first kappa shape index (κ1) is 18.3. The Bertz CT molecular complexity index is 1110. The molecule has 28 heavy (non-hydrogen) atoms. The van der Waals surface area contributed by atoms with Gasteiger partial charge < -0.3 is 5.32 Å². The van der Waals surface area contributed by atoms with Crippen LogP contribution in [0.25, 0.3) is 27.4 Å². The number of hydrogen-bond donors (Lipinski definition) is 1. The van der Waals surface area contributed by atoms with Gasteiger partial charge in [0.2, 0.25) is 0 Å². The van der Waals surface area contributed by atoms with Crippen LogP contribution in [0.4, 0.5) is 4.39 Å². The van der Waals surface area contributed by atoms with Gasteiger partial charge in [-0.05, 0) is 61.4 Å². The molecule has 0 radical (unpaired) electrons. The van der Waals surface area contributed by atoms with E-state index in [9.17, 15) is 4.39 Å². The van der Waals surface area contributed by atoms with Crippen LogP contribution in [0, 0.1) is 12.7 Å². The number of nitrogens with zero attached hydrogens (tertiary/aromatic N) is 2. The maximum atomic E-state index is 12.7. The van der Waals surface area contributed by atoms with E-state index in [2.05, 4.69) is 45.6 Å². The Labute approximate surface area is 164 Å². The third-order valence-electron chi connectivity index (χ3n) is 4.85. The molecule has 0 saturated carbocycles. The number of hydrogen-bond acceptors (Lipinski definition) is 3. The molecule has 5 rings (SSSR count). The molecule has 0 amide bonds. The van der Waals surface area contributed by atoms with Crippen molar-refractivity contribution in [3.63, 3.8) is 0 Å². The molecule has 3 nitrogen and oxygen atoms in total. The van der Waals surface area contributed by atoms with Crippen molar-refractivity contribution >= 4 is 27.4 Å². The predicted octanol–water partition coefficient (Wildman–Crippen LogP) is 5.29. The fraction of sp³-hybridized carbons (Fsp3) is 0.167. The van der Waals surface area contributed by atoms with Crippen LogP contribution in [0.15, 0.2) is 72.9 Å². The Balaban J connectivity index is 0.000000143. The Morgan fingerprint density at radius 2 is 1.86 bits per heavy atom. The van der Waals surface area contributed by atoms with Gasteiger partial charge in [-0.3, -0.25) is 9.97 Å². The summed E-state index contributed by atoms with van der Waals surface area (Å²) in [4.78, 5) is 8.59. The zero-order valence-corrected chi connectivity index (χ0v) is 15.8. The largest absolute Gasteiger partial charge is 0.313 e. The monoisotopic (exact) mass is 371 g/mol. The third kappa shape index (κ3) is 4.07. The van der Waals surface area contributed by atoms with Crippen molar-refractivity contribution in [2.24, 2.45) is 0 Å². The lowest BCUT2D eigenvalue weighted by Gasteiger charge is -2.15. The van der Waals surface area contributed by atoms with Crippen LogP contribution in [-0.2, 0) is 0 Å². The number of halogens is 1. The summed E-state index contributed by atoms with van der Waals surface area (Å²) >= 11 is 0. The second-order valence-electron chi connectivity index (χ2n) is 6.85. The highest BCUT2D eigenvalue weighted by Gasteiger charge is 2.08. The predicted molar refractivity (Wildman–Crippen MR) is 114 cm³/mol. The van der Waals surface area contributed by atoms with Gasteiger partial charge in [0.1, 0.15) is 5.82 Å². The quantitative estimate of drug-likeness (QED) is 0.494. The van der Waals surface area contributed by atoms with Gasteiger partial charge in [0.25, 0.3) is 0 Å². The van der Waals surface area contributed by atoms with Crippen molar-refractivity contribution in [1.29, 1.82) is 0 Å². The van der Waals surface area contributed by atoms with Crippen LogP contribution in [0.2, 0.25) is 0 Å². The molecule has 4 aromatic rings. The van der Waals surface area contributed by atoms with Crippen molar-refractivity contribution in [1.82, 2.24) is 15.3 Å². The SMILES string of the molecule is C1=C(c2cccc3ncccc23)CCNC1.Cc1ccc2ccc(F)cc2n1. The first-order valence-corrected chi connectivity index (χ1v) is 9.47. The lowest BCUT2D eigenvalue weighted by Crippen LogP contribution is -2.20. The van der Waals surface area contributed by atoms with E-state index in [0.29, 0.717) is 0 Å². The molecule has 4 heteroatoms. The Hall–Kier alpha value is -3.11. The van der Waals surface area contributed by atoms with Gasteiger partial charge >= 0.3 is 0 Å². The average molecular weight is 371 g/mol. The zero-order chi connectivity index (χ0) is 19.3. The molecule has 1 N–H and O–H groups in total. The maximum absolute atomic E-state index is 12.7. The number of nitrogens with one attached hydrogen (secondary N) is 1. The lowest BCUT2D eigenvalue weighted by molar-refractivity contribution is 0.629. The fourth-order valence-corrected chi connectivity index (χ4v) is 3.44. The molecule has 0 unspecified atom stereocenters. The van der Waals surface area contributed by atoms with E-state index in [4.69, 9.17) is 0 Å². The van der Waals surface area contributed by atoms with E-state index in [1.165, 1.54) is 28.7 Å². The summed E-state index contributed by atoms with van der Waals surface area (Å²) in [7, 11) is 0. The van der Waals surface area contributed by atoms with Crippen LogP contribution < -0.4 is 5.32 Å². The summed E-state index contributed by atoms with van der Waals surface area (Å²) < 4.78 is 12.7.